The Morgan fingerprint density at radius 1 is 1.07 bits per heavy atom. The van der Waals surface area contributed by atoms with Gasteiger partial charge in [-0.3, -0.25) is 0 Å². The van der Waals surface area contributed by atoms with Crippen molar-refractivity contribution in [3.63, 3.8) is 0 Å². The zero-order chi connectivity index (χ0) is 9.10. The van der Waals surface area contributed by atoms with E-state index in [4.69, 9.17) is 5.73 Å². The van der Waals surface area contributed by atoms with Crippen LogP contribution in [0.1, 0.15) is 5.56 Å². The van der Waals surface area contributed by atoms with Gasteiger partial charge in [0.25, 0.3) is 0 Å². The number of benzene rings is 1. The van der Waals surface area contributed by atoms with Crippen molar-refractivity contribution in [3.05, 3.63) is 36.2 Å². The lowest BCUT2D eigenvalue weighted by Gasteiger charge is -2.00. The largest absolute Gasteiger partial charge is 0.330 e. The van der Waals surface area contributed by atoms with Gasteiger partial charge in [-0.1, -0.05) is 12.1 Å². The Hall–Kier alpha value is -1.19. The lowest BCUT2D eigenvalue weighted by Crippen LogP contribution is -2.02. The fraction of sp³-hybridized carbons (Fsp3) is 0.200. The molecule has 0 aliphatic heterocycles. The first-order chi connectivity index (χ1) is 6.40. The van der Waals surface area contributed by atoms with Crippen LogP contribution in [0.3, 0.4) is 0 Å². The highest BCUT2D eigenvalue weighted by Crippen LogP contribution is 2.13. The van der Waals surface area contributed by atoms with Crippen LogP contribution < -0.4 is 5.73 Å². The molecule has 4 heteroatoms. The van der Waals surface area contributed by atoms with Crippen molar-refractivity contribution in [1.29, 1.82) is 0 Å². The van der Waals surface area contributed by atoms with Crippen molar-refractivity contribution in [2.45, 2.75) is 6.42 Å². The maximum atomic E-state index is 5.48. The SMILES string of the molecule is Cl.NCCc1ccc2cnncc2c1. The van der Waals surface area contributed by atoms with Crippen LogP contribution in [0, 0.1) is 0 Å². The molecule has 2 N–H and O–H groups in total. The number of aromatic nitrogens is 2. The number of hydrogen-bond acceptors (Lipinski definition) is 3. The first-order valence-corrected chi connectivity index (χ1v) is 4.29. The molecule has 0 spiro atoms. The summed E-state index contributed by atoms with van der Waals surface area (Å²) in [5.74, 6) is 0. The molecule has 0 amide bonds. The number of nitrogens with two attached hydrogens (primary N) is 1. The van der Waals surface area contributed by atoms with Gasteiger partial charge in [-0.15, -0.1) is 12.4 Å². The highest BCUT2D eigenvalue weighted by atomic mass is 35.5. The van der Waals surface area contributed by atoms with Gasteiger partial charge >= 0.3 is 0 Å². The first-order valence-electron chi connectivity index (χ1n) is 4.29. The van der Waals surface area contributed by atoms with Crippen molar-refractivity contribution in [1.82, 2.24) is 10.2 Å². The third-order valence-corrected chi connectivity index (χ3v) is 2.04. The molecule has 2 aromatic rings. The van der Waals surface area contributed by atoms with Crippen molar-refractivity contribution in [2.75, 3.05) is 6.54 Å². The van der Waals surface area contributed by atoms with E-state index in [9.17, 15) is 0 Å². The van der Waals surface area contributed by atoms with E-state index in [0.717, 1.165) is 17.2 Å². The van der Waals surface area contributed by atoms with E-state index in [1.807, 2.05) is 0 Å². The second-order valence-electron chi connectivity index (χ2n) is 2.99. The van der Waals surface area contributed by atoms with Gasteiger partial charge in [0.1, 0.15) is 0 Å². The van der Waals surface area contributed by atoms with Crippen molar-refractivity contribution >= 4 is 23.2 Å². The van der Waals surface area contributed by atoms with Gasteiger partial charge in [0.15, 0.2) is 0 Å². The number of rotatable bonds is 2. The Kier molecular flexibility index (Phi) is 3.80. The van der Waals surface area contributed by atoms with Gasteiger partial charge in [0.05, 0.1) is 12.4 Å². The summed E-state index contributed by atoms with van der Waals surface area (Å²) >= 11 is 0. The molecule has 1 aromatic carbocycles. The first kappa shape index (κ1) is 10.9. The maximum Gasteiger partial charge on any atom is 0.0574 e. The number of halogens is 1. The zero-order valence-corrected chi connectivity index (χ0v) is 8.50. The van der Waals surface area contributed by atoms with Crippen LogP contribution in [0.2, 0.25) is 0 Å². The van der Waals surface area contributed by atoms with Gasteiger partial charge in [0.2, 0.25) is 0 Å². The minimum Gasteiger partial charge on any atom is -0.330 e. The van der Waals surface area contributed by atoms with E-state index in [1.54, 1.807) is 12.4 Å². The maximum absolute atomic E-state index is 5.48. The van der Waals surface area contributed by atoms with E-state index in [-0.39, 0.29) is 12.4 Å². The smallest absolute Gasteiger partial charge is 0.0574 e. The molecule has 0 aliphatic rings. The summed E-state index contributed by atoms with van der Waals surface area (Å²) < 4.78 is 0. The minimum atomic E-state index is 0. The van der Waals surface area contributed by atoms with Crippen molar-refractivity contribution < 1.29 is 0 Å². The number of fused-ring (bicyclic) bond motifs is 1. The van der Waals surface area contributed by atoms with Crippen molar-refractivity contribution in [3.8, 4) is 0 Å². The molecule has 0 radical (unpaired) electrons. The Labute approximate surface area is 88.7 Å². The predicted molar refractivity (Wildman–Crippen MR) is 59.5 cm³/mol. The molecule has 0 saturated carbocycles. The minimum absolute atomic E-state index is 0. The van der Waals surface area contributed by atoms with Gasteiger partial charge < -0.3 is 5.73 Å². The van der Waals surface area contributed by atoms with Crippen LogP contribution in [-0.4, -0.2) is 16.7 Å². The van der Waals surface area contributed by atoms with Gasteiger partial charge in [-0.25, -0.2) is 0 Å². The molecule has 0 aliphatic carbocycles. The molecule has 0 fully saturated rings. The fourth-order valence-electron chi connectivity index (χ4n) is 1.37. The second-order valence-corrected chi connectivity index (χ2v) is 2.99. The van der Waals surface area contributed by atoms with Crippen LogP contribution in [0.25, 0.3) is 10.8 Å². The van der Waals surface area contributed by atoms with Crippen LogP contribution in [-0.2, 0) is 6.42 Å². The van der Waals surface area contributed by atoms with E-state index in [2.05, 4.69) is 28.4 Å². The zero-order valence-electron chi connectivity index (χ0n) is 7.68. The van der Waals surface area contributed by atoms with Crippen molar-refractivity contribution in [2.24, 2.45) is 5.73 Å². The standard InChI is InChI=1S/C10H11N3.ClH/c11-4-3-8-1-2-9-6-12-13-7-10(9)5-8;/h1-2,5-7H,3-4,11H2;1H. The molecule has 2 rings (SSSR count). The molecule has 0 bridgehead atoms. The van der Waals surface area contributed by atoms with Gasteiger partial charge in [-0.05, 0) is 24.6 Å². The third kappa shape index (κ3) is 2.19. The topological polar surface area (TPSA) is 51.8 Å². The summed E-state index contributed by atoms with van der Waals surface area (Å²) in [7, 11) is 0. The average Bonchev–Trinajstić information content (AvgIpc) is 2.18. The van der Waals surface area contributed by atoms with E-state index >= 15 is 0 Å². The lowest BCUT2D eigenvalue weighted by molar-refractivity contribution is 0.970. The van der Waals surface area contributed by atoms with E-state index in [0.29, 0.717) is 6.54 Å². The Morgan fingerprint density at radius 3 is 2.50 bits per heavy atom. The summed E-state index contributed by atoms with van der Waals surface area (Å²) in [5.41, 5.74) is 6.73. The second kappa shape index (κ2) is 4.88. The molecule has 0 unspecified atom stereocenters. The molecule has 3 nitrogen and oxygen atoms in total. The monoisotopic (exact) mass is 209 g/mol. The molecule has 14 heavy (non-hydrogen) atoms. The predicted octanol–water partition coefficient (Wildman–Crippen LogP) is 1.55. The summed E-state index contributed by atoms with van der Waals surface area (Å²) in [6.45, 7) is 0.685. The Morgan fingerprint density at radius 2 is 1.79 bits per heavy atom. The quantitative estimate of drug-likeness (QED) is 0.817. The number of nitrogens with zero attached hydrogens (tertiary/aromatic N) is 2. The fourth-order valence-corrected chi connectivity index (χ4v) is 1.37. The highest BCUT2D eigenvalue weighted by molar-refractivity contribution is 5.85. The number of hydrogen-bond donors (Lipinski definition) is 1. The average molecular weight is 210 g/mol. The molecule has 1 heterocycles. The molecule has 0 saturated heterocycles. The molecule has 1 aromatic heterocycles. The normalized spacial score (nSPS) is 9.79. The van der Waals surface area contributed by atoms with Crippen LogP contribution in [0.5, 0.6) is 0 Å². The summed E-state index contributed by atoms with van der Waals surface area (Å²) in [6.07, 6.45) is 4.45. The molecular formula is C10H12ClN3. The summed E-state index contributed by atoms with van der Waals surface area (Å²) in [4.78, 5) is 0. The summed E-state index contributed by atoms with van der Waals surface area (Å²) in [5, 5.41) is 9.89. The third-order valence-electron chi connectivity index (χ3n) is 2.04. The van der Waals surface area contributed by atoms with Gasteiger partial charge in [-0.2, -0.15) is 10.2 Å². The Balaban J connectivity index is 0.000000980. The lowest BCUT2D eigenvalue weighted by atomic mass is 10.1. The molecule has 74 valence electrons. The van der Waals surface area contributed by atoms with Crippen LogP contribution in [0.15, 0.2) is 30.6 Å². The van der Waals surface area contributed by atoms with E-state index < -0.39 is 0 Å². The Bertz CT molecular complexity index is 417. The molecule has 0 atom stereocenters. The highest BCUT2D eigenvalue weighted by Gasteiger charge is 1.95. The van der Waals surface area contributed by atoms with Crippen LogP contribution >= 0.6 is 12.4 Å². The van der Waals surface area contributed by atoms with E-state index in [1.165, 1.54) is 5.56 Å². The summed E-state index contributed by atoms with van der Waals surface area (Å²) in [6, 6.07) is 6.24. The van der Waals surface area contributed by atoms with Crippen LogP contribution in [0.4, 0.5) is 0 Å². The molecular weight excluding hydrogens is 198 g/mol. The van der Waals surface area contributed by atoms with Gasteiger partial charge in [0, 0.05) is 10.8 Å².